The van der Waals surface area contributed by atoms with E-state index in [1.165, 1.54) is 0 Å². The quantitative estimate of drug-likeness (QED) is 0.783. The molecular weight excluding hydrogens is 374 g/mol. The molecule has 22 heavy (non-hydrogen) atoms. The zero-order valence-electron chi connectivity index (χ0n) is 11.9. The number of carbonyl (C=O) groups is 2. The lowest BCUT2D eigenvalue weighted by Crippen LogP contribution is -2.50. The van der Waals surface area contributed by atoms with Crippen LogP contribution < -0.4 is 5.32 Å². The summed E-state index contributed by atoms with van der Waals surface area (Å²) >= 11 is 9.37. The molecule has 120 valence electrons. The van der Waals surface area contributed by atoms with Crippen molar-refractivity contribution < 1.29 is 19.4 Å². The number of nitrogens with one attached hydrogen (secondary N) is 1. The van der Waals surface area contributed by atoms with Crippen molar-refractivity contribution in [2.45, 2.75) is 31.2 Å². The van der Waals surface area contributed by atoms with Crippen molar-refractivity contribution in [2.75, 3.05) is 13.2 Å². The molecule has 7 heteroatoms. The molecule has 1 aliphatic heterocycles. The average Bonchev–Trinajstić information content (AvgIpc) is 2.87. The minimum atomic E-state index is -0.941. The Hall–Kier alpha value is -1.11. The van der Waals surface area contributed by atoms with Gasteiger partial charge < -0.3 is 15.2 Å². The molecule has 0 saturated carbocycles. The maximum Gasteiger partial charge on any atom is 0.305 e. The standard InChI is InChI=1S/C15H17BrClNO4/c16-12-3-2-11(17)7-10(12)1-4-13(19)18-15(8-14(20)21)5-6-22-9-15/h2-3,7H,1,4-6,8-9H2,(H,18,19)(H,20,21). The predicted octanol–water partition coefficient (Wildman–Crippen LogP) is 2.79. The van der Waals surface area contributed by atoms with E-state index in [4.69, 9.17) is 21.4 Å². The number of hydrogen-bond donors (Lipinski definition) is 2. The minimum absolute atomic E-state index is 0.125. The monoisotopic (exact) mass is 389 g/mol. The molecule has 2 rings (SSSR count). The van der Waals surface area contributed by atoms with Crippen LogP contribution in [0.25, 0.3) is 0 Å². The SMILES string of the molecule is O=C(O)CC1(NC(=O)CCc2cc(Cl)ccc2Br)CCOC1. The van der Waals surface area contributed by atoms with Gasteiger partial charge in [-0.3, -0.25) is 9.59 Å². The first kappa shape index (κ1) is 17.2. The summed E-state index contributed by atoms with van der Waals surface area (Å²) < 4.78 is 6.15. The molecule has 2 N–H and O–H groups in total. The van der Waals surface area contributed by atoms with Crippen LogP contribution in [-0.4, -0.2) is 35.7 Å². The number of amides is 1. The molecular formula is C15H17BrClNO4. The molecule has 1 heterocycles. The average molecular weight is 391 g/mol. The van der Waals surface area contributed by atoms with Gasteiger partial charge in [0.05, 0.1) is 18.6 Å². The fraction of sp³-hybridized carbons (Fsp3) is 0.467. The number of benzene rings is 1. The Balaban J connectivity index is 1.94. The van der Waals surface area contributed by atoms with Crippen LogP contribution in [-0.2, 0) is 20.7 Å². The van der Waals surface area contributed by atoms with E-state index in [2.05, 4.69) is 21.2 Å². The zero-order chi connectivity index (χ0) is 16.2. The molecule has 1 aromatic rings. The van der Waals surface area contributed by atoms with Crippen LogP contribution in [0.4, 0.5) is 0 Å². The third-order valence-corrected chi connectivity index (χ3v) is 4.64. The number of hydrogen-bond acceptors (Lipinski definition) is 3. The van der Waals surface area contributed by atoms with E-state index < -0.39 is 11.5 Å². The first-order chi connectivity index (χ1) is 10.4. The molecule has 0 spiro atoms. The Morgan fingerprint density at radius 1 is 1.45 bits per heavy atom. The molecule has 1 saturated heterocycles. The second-order valence-corrected chi connectivity index (χ2v) is 6.73. The molecule has 5 nitrogen and oxygen atoms in total. The fourth-order valence-corrected chi connectivity index (χ4v) is 3.16. The first-order valence-corrected chi connectivity index (χ1v) is 8.12. The van der Waals surface area contributed by atoms with Crippen molar-refractivity contribution >= 4 is 39.4 Å². The summed E-state index contributed by atoms with van der Waals surface area (Å²) in [6.45, 7) is 0.708. The van der Waals surface area contributed by atoms with Crippen molar-refractivity contribution in [1.82, 2.24) is 5.32 Å². The van der Waals surface area contributed by atoms with Crippen molar-refractivity contribution in [2.24, 2.45) is 0 Å². The van der Waals surface area contributed by atoms with Crippen LogP contribution in [0.1, 0.15) is 24.8 Å². The van der Waals surface area contributed by atoms with E-state index in [0.717, 1.165) is 10.0 Å². The summed E-state index contributed by atoms with van der Waals surface area (Å²) in [5.74, 6) is -1.12. The summed E-state index contributed by atoms with van der Waals surface area (Å²) in [5, 5.41) is 12.4. The van der Waals surface area contributed by atoms with Gasteiger partial charge in [0.25, 0.3) is 0 Å². The fourth-order valence-electron chi connectivity index (χ4n) is 2.52. The van der Waals surface area contributed by atoms with Crippen LogP contribution in [0.3, 0.4) is 0 Å². The summed E-state index contributed by atoms with van der Waals surface area (Å²) in [6, 6.07) is 5.42. The predicted molar refractivity (Wildman–Crippen MR) is 86.0 cm³/mol. The Morgan fingerprint density at radius 3 is 2.86 bits per heavy atom. The highest BCUT2D eigenvalue weighted by atomic mass is 79.9. The molecule has 0 radical (unpaired) electrons. The lowest BCUT2D eigenvalue weighted by molar-refractivity contribution is -0.139. The zero-order valence-corrected chi connectivity index (χ0v) is 14.2. The summed E-state index contributed by atoms with van der Waals surface area (Å²) in [5.41, 5.74) is 0.159. The van der Waals surface area contributed by atoms with Crippen LogP contribution in [0.2, 0.25) is 5.02 Å². The van der Waals surface area contributed by atoms with E-state index in [9.17, 15) is 9.59 Å². The van der Waals surface area contributed by atoms with E-state index in [1.807, 2.05) is 12.1 Å². The summed E-state index contributed by atoms with van der Waals surface area (Å²) in [4.78, 5) is 23.1. The largest absolute Gasteiger partial charge is 0.481 e. The van der Waals surface area contributed by atoms with E-state index >= 15 is 0 Å². The lowest BCUT2D eigenvalue weighted by atomic mass is 9.94. The van der Waals surface area contributed by atoms with Gasteiger partial charge in [-0.05, 0) is 36.6 Å². The van der Waals surface area contributed by atoms with Gasteiger partial charge in [0.1, 0.15) is 0 Å². The van der Waals surface area contributed by atoms with E-state index in [1.54, 1.807) is 6.07 Å². The Labute approximate surface area is 142 Å². The van der Waals surface area contributed by atoms with Crippen LogP contribution in [0.15, 0.2) is 22.7 Å². The van der Waals surface area contributed by atoms with E-state index in [0.29, 0.717) is 24.5 Å². The van der Waals surface area contributed by atoms with Gasteiger partial charge in [-0.2, -0.15) is 0 Å². The normalized spacial score (nSPS) is 20.8. The lowest BCUT2D eigenvalue weighted by Gasteiger charge is -2.27. The molecule has 1 amide bonds. The second kappa shape index (κ2) is 7.44. The smallest absolute Gasteiger partial charge is 0.305 e. The number of carboxylic acids is 1. The van der Waals surface area contributed by atoms with Crippen LogP contribution in [0, 0.1) is 0 Å². The molecule has 0 aliphatic carbocycles. The second-order valence-electron chi connectivity index (χ2n) is 5.44. The number of aliphatic carboxylic acids is 1. The molecule has 1 unspecified atom stereocenters. The number of ether oxygens (including phenoxy) is 1. The van der Waals surface area contributed by atoms with Crippen LogP contribution in [0.5, 0.6) is 0 Å². The maximum atomic E-state index is 12.1. The Bertz CT molecular complexity index is 573. The number of carbonyl (C=O) groups excluding carboxylic acids is 1. The van der Waals surface area contributed by atoms with Crippen molar-refractivity contribution in [3.05, 3.63) is 33.3 Å². The van der Waals surface area contributed by atoms with Crippen LogP contribution >= 0.6 is 27.5 Å². The van der Waals surface area contributed by atoms with Gasteiger partial charge in [-0.1, -0.05) is 27.5 Å². The third-order valence-electron chi connectivity index (χ3n) is 3.63. The number of carboxylic acid groups (broad SMARTS) is 1. The van der Waals surface area contributed by atoms with Gasteiger partial charge in [0, 0.05) is 22.5 Å². The van der Waals surface area contributed by atoms with E-state index in [-0.39, 0.29) is 25.4 Å². The van der Waals surface area contributed by atoms with Crippen molar-refractivity contribution in [3.63, 3.8) is 0 Å². The third kappa shape index (κ3) is 4.69. The molecule has 1 fully saturated rings. The van der Waals surface area contributed by atoms with Gasteiger partial charge in [-0.25, -0.2) is 0 Å². The minimum Gasteiger partial charge on any atom is -0.481 e. The maximum absolute atomic E-state index is 12.1. The Kier molecular flexibility index (Phi) is 5.83. The van der Waals surface area contributed by atoms with Crippen molar-refractivity contribution in [3.8, 4) is 0 Å². The van der Waals surface area contributed by atoms with Gasteiger partial charge in [0.15, 0.2) is 0 Å². The first-order valence-electron chi connectivity index (χ1n) is 6.95. The van der Waals surface area contributed by atoms with Gasteiger partial charge >= 0.3 is 5.97 Å². The summed E-state index contributed by atoms with van der Waals surface area (Å²) in [7, 11) is 0. The summed E-state index contributed by atoms with van der Waals surface area (Å²) in [6.07, 6.45) is 1.18. The molecule has 1 atom stereocenters. The number of halogens is 2. The van der Waals surface area contributed by atoms with Gasteiger partial charge in [-0.15, -0.1) is 0 Å². The Morgan fingerprint density at radius 2 is 2.23 bits per heavy atom. The highest BCUT2D eigenvalue weighted by molar-refractivity contribution is 9.10. The molecule has 0 aromatic heterocycles. The molecule has 0 bridgehead atoms. The van der Waals surface area contributed by atoms with Crippen molar-refractivity contribution in [1.29, 1.82) is 0 Å². The van der Waals surface area contributed by atoms with Gasteiger partial charge in [0.2, 0.25) is 5.91 Å². The molecule has 1 aromatic carbocycles. The highest BCUT2D eigenvalue weighted by Crippen LogP contribution is 2.24. The topological polar surface area (TPSA) is 75.6 Å². The number of rotatable bonds is 6. The highest BCUT2D eigenvalue weighted by Gasteiger charge is 2.38. The molecule has 1 aliphatic rings. The number of aryl methyl sites for hydroxylation is 1.